The predicted molar refractivity (Wildman–Crippen MR) is 77.1 cm³/mol. The van der Waals surface area contributed by atoms with Crippen molar-refractivity contribution in [1.29, 1.82) is 0 Å². The Morgan fingerprint density at radius 1 is 1.37 bits per heavy atom. The summed E-state index contributed by atoms with van der Waals surface area (Å²) in [6.07, 6.45) is 0. The van der Waals surface area contributed by atoms with Crippen LogP contribution in [0.25, 0.3) is 0 Å². The third-order valence-electron chi connectivity index (χ3n) is 3.01. The lowest BCUT2D eigenvalue weighted by atomic mass is 10.0. The number of para-hydroxylation sites is 1. The number of benzene rings is 1. The predicted octanol–water partition coefficient (Wildman–Crippen LogP) is 2.18. The van der Waals surface area contributed by atoms with Gasteiger partial charge in [0, 0.05) is 4.47 Å². The number of nitrogens with zero attached hydrogens (tertiary/aromatic N) is 1. The molecule has 0 aliphatic rings. The number of carbonyl (C=O) groups is 2. The van der Waals surface area contributed by atoms with Crippen LogP contribution < -0.4 is 5.32 Å². The normalized spacial score (nSPS) is 11.4. The van der Waals surface area contributed by atoms with Crippen molar-refractivity contribution in [2.45, 2.75) is 19.4 Å². The van der Waals surface area contributed by atoms with Crippen LogP contribution in [0.3, 0.4) is 0 Å². The van der Waals surface area contributed by atoms with E-state index in [2.05, 4.69) is 21.2 Å². The van der Waals surface area contributed by atoms with Gasteiger partial charge < -0.3 is 10.4 Å². The Labute approximate surface area is 120 Å². The Bertz CT molecular complexity index is 489. The summed E-state index contributed by atoms with van der Waals surface area (Å²) in [7, 11) is 1.60. The zero-order valence-electron chi connectivity index (χ0n) is 11.1. The second-order valence-corrected chi connectivity index (χ2v) is 5.60. The molecule has 0 heterocycles. The van der Waals surface area contributed by atoms with Crippen molar-refractivity contribution in [2.75, 3.05) is 18.9 Å². The number of aliphatic carboxylic acids is 1. The van der Waals surface area contributed by atoms with Gasteiger partial charge in [-0.2, -0.15) is 0 Å². The van der Waals surface area contributed by atoms with Crippen molar-refractivity contribution >= 4 is 33.5 Å². The molecule has 1 aromatic carbocycles. The highest BCUT2D eigenvalue weighted by Gasteiger charge is 2.32. The Hall–Kier alpha value is -1.40. The molecule has 0 unspecified atom stereocenters. The molecule has 0 atom stereocenters. The van der Waals surface area contributed by atoms with Crippen molar-refractivity contribution in [3.8, 4) is 0 Å². The largest absolute Gasteiger partial charge is 0.480 e. The number of hydrogen-bond acceptors (Lipinski definition) is 3. The van der Waals surface area contributed by atoms with Gasteiger partial charge in [0.05, 0.1) is 12.2 Å². The number of rotatable bonds is 5. The van der Waals surface area contributed by atoms with Gasteiger partial charge in [0.25, 0.3) is 0 Å². The second-order valence-electron chi connectivity index (χ2n) is 4.75. The molecular formula is C13H17BrN2O3. The van der Waals surface area contributed by atoms with E-state index in [4.69, 9.17) is 5.11 Å². The maximum atomic E-state index is 11.9. The Morgan fingerprint density at radius 2 is 1.95 bits per heavy atom. The van der Waals surface area contributed by atoms with Crippen LogP contribution in [0.1, 0.15) is 13.8 Å². The van der Waals surface area contributed by atoms with E-state index in [1.807, 2.05) is 18.2 Å². The van der Waals surface area contributed by atoms with Gasteiger partial charge in [-0.1, -0.05) is 12.1 Å². The number of nitrogens with one attached hydrogen (secondary N) is 1. The van der Waals surface area contributed by atoms with Gasteiger partial charge in [0.1, 0.15) is 5.54 Å². The molecule has 0 aliphatic carbocycles. The quantitative estimate of drug-likeness (QED) is 0.869. The van der Waals surface area contributed by atoms with E-state index in [1.54, 1.807) is 27.0 Å². The van der Waals surface area contributed by atoms with Crippen LogP contribution in [0.4, 0.5) is 5.69 Å². The molecule has 0 spiro atoms. The molecule has 6 heteroatoms. The molecule has 1 aromatic rings. The minimum absolute atomic E-state index is 0.000629. The van der Waals surface area contributed by atoms with E-state index in [0.29, 0.717) is 5.69 Å². The van der Waals surface area contributed by atoms with Crippen LogP contribution in [0.5, 0.6) is 0 Å². The summed E-state index contributed by atoms with van der Waals surface area (Å²) in [5, 5.41) is 11.8. The summed E-state index contributed by atoms with van der Waals surface area (Å²) in [6, 6.07) is 7.25. The monoisotopic (exact) mass is 328 g/mol. The van der Waals surface area contributed by atoms with Gasteiger partial charge in [-0.15, -0.1) is 0 Å². The van der Waals surface area contributed by atoms with E-state index >= 15 is 0 Å². The minimum atomic E-state index is -1.09. The van der Waals surface area contributed by atoms with Crippen molar-refractivity contribution in [3.05, 3.63) is 28.7 Å². The third kappa shape index (κ3) is 4.04. The Morgan fingerprint density at radius 3 is 2.47 bits per heavy atom. The Balaban J connectivity index is 2.67. The fourth-order valence-corrected chi connectivity index (χ4v) is 1.71. The number of hydrogen-bond donors (Lipinski definition) is 2. The van der Waals surface area contributed by atoms with Crippen LogP contribution in [0.15, 0.2) is 28.7 Å². The van der Waals surface area contributed by atoms with Crippen molar-refractivity contribution in [2.24, 2.45) is 0 Å². The van der Waals surface area contributed by atoms with Gasteiger partial charge in [0.2, 0.25) is 5.91 Å². The topological polar surface area (TPSA) is 69.6 Å². The second kappa shape index (κ2) is 6.16. The molecule has 2 N–H and O–H groups in total. The molecule has 1 rings (SSSR count). The van der Waals surface area contributed by atoms with E-state index < -0.39 is 11.5 Å². The van der Waals surface area contributed by atoms with Gasteiger partial charge in [-0.25, -0.2) is 0 Å². The molecule has 0 saturated carbocycles. The summed E-state index contributed by atoms with van der Waals surface area (Å²) >= 11 is 3.33. The van der Waals surface area contributed by atoms with Crippen molar-refractivity contribution in [3.63, 3.8) is 0 Å². The average molecular weight is 329 g/mol. The minimum Gasteiger partial charge on any atom is -0.480 e. The standard InChI is InChI=1S/C13H17BrN2O3/c1-13(2,12(18)19)16(3)8-11(17)15-10-7-5-4-6-9(10)14/h4-7H,8H2,1-3H3,(H,15,17)(H,18,19). The van der Waals surface area contributed by atoms with Crippen LogP contribution in [-0.2, 0) is 9.59 Å². The maximum absolute atomic E-state index is 11.9. The first kappa shape index (κ1) is 15.7. The molecule has 0 bridgehead atoms. The molecule has 1 amide bonds. The van der Waals surface area contributed by atoms with E-state index in [1.165, 1.54) is 4.90 Å². The smallest absolute Gasteiger partial charge is 0.323 e. The number of halogens is 1. The van der Waals surface area contributed by atoms with Gasteiger partial charge in [0.15, 0.2) is 0 Å². The van der Waals surface area contributed by atoms with E-state index in [9.17, 15) is 9.59 Å². The number of amides is 1. The molecule has 0 saturated heterocycles. The Kier molecular flexibility index (Phi) is 5.08. The lowest BCUT2D eigenvalue weighted by molar-refractivity contribution is -0.148. The molecule has 0 aliphatic heterocycles. The first-order chi connectivity index (χ1) is 8.75. The zero-order chi connectivity index (χ0) is 14.6. The first-order valence-corrected chi connectivity index (χ1v) is 6.53. The summed E-state index contributed by atoms with van der Waals surface area (Å²) in [6.45, 7) is 3.11. The molecule has 0 fully saturated rings. The highest BCUT2D eigenvalue weighted by Crippen LogP contribution is 2.21. The van der Waals surface area contributed by atoms with Crippen molar-refractivity contribution in [1.82, 2.24) is 4.90 Å². The summed E-state index contributed by atoms with van der Waals surface area (Å²) < 4.78 is 0.781. The number of carbonyl (C=O) groups excluding carboxylic acids is 1. The average Bonchev–Trinajstić information content (AvgIpc) is 2.31. The highest BCUT2D eigenvalue weighted by atomic mass is 79.9. The molecule has 0 radical (unpaired) electrons. The van der Waals surface area contributed by atoms with Crippen LogP contribution in [0, 0.1) is 0 Å². The lowest BCUT2D eigenvalue weighted by Crippen LogP contribution is -2.50. The number of anilines is 1. The zero-order valence-corrected chi connectivity index (χ0v) is 12.7. The molecule has 19 heavy (non-hydrogen) atoms. The van der Waals surface area contributed by atoms with Crippen LogP contribution in [-0.4, -0.2) is 41.0 Å². The summed E-state index contributed by atoms with van der Waals surface area (Å²) in [5.74, 6) is -1.23. The fourth-order valence-electron chi connectivity index (χ4n) is 1.33. The lowest BCUT2D eigenvalue weighted by Gasteiger charge is -2.30. The summed E-state index contributed by atoms with van der Waals surface area (Å²) in [5.41, 5.74) is -0.431. The van der Waals surface area contributed by atoms with E-state index in [0.717, 1.165) is 4.47 Å². The van der Waals surface area contributed by atoms with Gasteiger partial charge in [-0.3, -0.25) is 14.5 Å². The SMILES string of the molecule is CN(CC(=O)Nc1ccccc1Br)C(C)(C)C(=O)O. The van der Waals surface area contributed by atoms with Crippen LogP contribution >= 0.6 is 15.9 Å². The molecular weight excluding hydrogens is 312 g/mol. The molecule has 104 valence electrons. The third-order valence-corrected chi connectivity index (χ3v) is 3.70. The number of likely N-dealkylation sites (N-methyl/N-ethyl adjacent to an activating group) is 1. The molecule has 0 aromatic heterocycles. The first-order valence-electron chi connectivity index (χ1n) is 5.74. The fraction of sp³-hybridized carbons (Fsp3) is 0.385. The number of carboxylic acids is 1. The van der Waals surface area contributed by atoms with Gasteiger partial charge >= 0.3 is 5.97 Å². The van der Waals surface area contributed by atoms with Crippen LogP contribution in [0.2, 0.25) is 0 Å². The maximum Gasteiger partial charge on any atom is 0.323 e. The highest BCUT2D eigenvalue weighted by molar-refractivity contribution is 9.10. The number of carboxylic acid groups (broad SMARTS) is 1. The van der Waals surface area contributed by atoms with E-state index in [-0.39, 0.29) is 12.5 Å². The van der Waals surface area contributed by atoms with Gasteiger partial charge in [-0.05, 0) is 49.0 Å². The van der Waals surface area contributed by atoms with Crippen molar-refractivity contribution < 1.29 is 14.7 Å². The summed E-state index contributed by atoms with van der Waals surface area (Å²) in [4.78, 5) is 24.4. The molecule has 5 nitrogen and oxygen atoms in total.